The number of nitrogens with one attached hydrogen (secondary N) is 1. The highest BCUT2D eigenvalue weighted by molar-refractivity contribution is 14.1. The van der Waals surface area contributed by atoms with Gasteiger partial charge in [0.2, 0.25) is 0 Å². The highest BCUT2D eigenvalue weighted by Gasteiger charge is 2.13. The minimum absolute atomic E-state index is 0.262. The van der Waals surface area contributed by atoms with E-state index in [0.717, 1.165) is 0 Å². The van der Waals surface area contributed by atoms with E-state index in [9.17, 15) is 9.59 Å². The van der Waals surface area contributed by atoms with Crippen LogP contribution >= 0.6 is 22.6 Å². The van der Waals surface area contributed by atoms with Crippen molar-refractivity contribution in [2.75, 3.05) is 27.4 Å². The number of ether oxygens (including phenoxy) is 4. The molecule has 0 unspecified atom stereocenters. The number of hydrogen-bond donors (Lipinski definition) is 2. The van der Waals surface area contributed by atoms with Crippen LogP contribution in [0, 0.1) is 3.57 Å². The van der Waals surface area contributed by atoms with Gasteiger partial charge < -0.3 is 24.7 Å². The first-order valence-corrected chi connectivity index (χ1v) is 9.90. The van der Waals surface area contributed by atoms with Crippen molar-refractivity contribution in [1.29, 1.82) is 0 Å². The summed E-state index contributed by atoms with van der Waals surface area (Å²) < 4.78 is 22.1. The maximum Gasteiger partial charge on any atom is 0.271 e. The molecule has 160 valence electrons. The van der Waals surface area contributed by atoms with E-state index >= 15 is 0 Å². The lowest BCUT2D eigenvalue weighted by Crippen LogP contribution is -2.20. The molecular weight excluding hydrogens is 505 g/mol. The van der Waals surface area contributed by atoms with Crippen LogP contribution in [0.4, 0.5) is 0 Å². The lowest BCUT2D eigenvalue weighted by Gasteiger charge is -2.12. The minimum Gasteiger partial charge on any atom is -0.493 e. The van der Waals surface area contributed by atoms with Crippen LogP contribution in [0.3, 0.4) is 0 Å². The molecule has 30 heavy (non-hydrogen) atoms. The number of primary amides is 1. The monoisotopic (exact) mass is 527 g/mol. The van der Waals surface area contributed by atoms with E-state index in [2.05, 4.69) is 10.5 Å². The minimum atomic E-state index is -0.591. The zero-order valence-electron chi connectivity index (χ0n) is 16.7. The third-order valence-corrected chi connectivity index (χ3v) is 4.52. The summed E-state index contributed by atoms with van der Waals surface area (Å²) in [5.41, 5.74) is 8.60. The Labute approximate surface area is 187 Å². The number of methoxy groups -OCH3 is 2. The van der Waals surface area contributed by atoms with E-state index < -0.39 is 11.8 Å². The van der Waals surface area contributed by atoms with Crippen LogP contribution in [0.2, 0.25) is 0 Å². The zero-order chi connectivity index (χ0) is 22.1. The molecule has 0 atom stereocenters. The van der Waals surface area contributed by atoms with Gasteiger partial charge in [-0.3, -0.25) is 9.59 Å². The molecular formula is C20H22IN3O6. The van der Waals surface area contributed by atoms with Gasteiger partial charge in [-0.25, -0.2) is 5.43 Å². The summed E-state index contributed by atoms with van der Waals surface area (Å²) in [6.45, 7) is 2.09. The Balaban J connectivity index is 2.11. The third kappa shape index (κ3) is 6.24. The molecule has 0 heterocycles. The second-order valence-corrected chi connectivity index (χ2v) is 6.95. The summed E-state index contributed by atoms with van der Waals surface area (Å²) in [5, 5.41) is 3.98. The first-order valence-electron chi connectivity index (χ1n) is 8.82. The lowest BCUT2D eigenvalue weighted by molar-refractivity contribution is -0.119. The van der Waals surface area contributed by atoms with E-state index in [0.29, 0.717) is 44.3 Å². The molecule has 3 N–H and O–H groups in total. The van der Waals surface area contributed by atoms with Gasteiger partial charge in [0.25, 0.3) is 11.8 Å². The van der Waals surface area contributed by atoms with Gasteiger partial charge in [0.15, 0.2) is 29.6 Å². The van der Waals surface area contributed by atoms with Crippen LogP contribution in [0.15, 0.2) is 35.4 Å². The van der Waals surface area contributed by atoms with Crippen LogP contribution in [-0.4, -0.2) is 45.5 Å². The molecule has 0 aliphatic carbocycles. The molecule has 9 nitrogen and oxygen atoms in total. The third-order valence-electron chi connectivity index (χ3n) is 3.72. The van der Waals surface area contributed by atoms with Crippen molar-refractivity contribution >= 4 is 40.6 Å². The number of carbonyl (C=O) groups excluding carboxylic acids is 2. The summed E-state index contributed by atoms with van der Waals surface area (Å²) in [7, 11) is 2.98. The smallest absolute Gasteiger partial charge is 0.271 e. The van der Waals surface area contributed by atoms with Crippen molar-refractivity contribution in [3.05, 3.63) is 45.0 Å². The van der Waals surface area contributed by atoms with Crippen molar-refractivity contribution in [3.63, 3.8) is 0 Å². The summed E-state index contributed by atoms with van der Waals surface area (Å²) in [5.74, 6) is 0.828. The van der Waals surface area contributed by atoms with Crippen molar-refractivity contribution in [2.45, 2.75) is 6.92 Å². The fourth-order valence-corrected chi connectivity index (χ4v) is 3.19. The van der Waals surface area contributed by atoms with E-state index in [4.69, 9.17) is 24.7 Å². The fraction of sp³-hybridized carbons (Fsp3) is 0.250. The van der Waals surface area contributed by atoms with Gasteiger partial charge in [0.1, 0.15) is 0 Å². The van der Waals surface area contributed by atoms with Crippen LogP contribution < -0.4 is 30.1 Å². The summed E-state index contributed by atoms with van der Waals surface area (Å²) in [6.07, 6.45) is 1.46. The standard InChI is InChI=1S/C20H22IN3O6/c1-4-29-15-6-5-13(9-16(15)27-2)20(26)24-23-10-12-7-14(21)19(17(8-12)28-3)30-11-18(22)25/h5-10H,4,11H2,1-3H3,(H2,22,25)(H,24,26)/b23-10+. The van der Waals surface area contributed by atoms with Gasteiger partial charge in [-0.2, -0.15) is 5.10 Å². The van der Waals surface area contributed by atoms with Gasteiger partial charge in [0, 0.05) is 5.56 Å². The number of benzene rings is 2. The van der Waals surface area contributed by atoms with E-state index in [1.165, 1.54) is 20.4 Å². The van der Waals surface area contributed by atoms with Crippen LogP contribution in [0.25, 0.3) is 0 Å². The molecule has 2 rings (SSSR count). The first kappa shape index (κ1) is 23.3. The molecule has 0 bridgehead atoms. The number of hydrazone groups is 1. The van der Waals surface area contributed by atoms with Gasteiger partial charge in [-0.05, 0) is 65.4 Å². The molecule has 0 aliphatic heterocycles. The number of rotatable bonds is 10. The Morgan fingerprint density at radius 2 is 1.83 bits per heavy atom. The molecule has 0 saturated heterocycles. The normalized spacial score (nSPS) is 10.5. The van der Waals surface area contributed by atoms with Crippen LogP contribution in [0.5, 0.6) is 23.0 Å². The molecule has 0 spiro atoms. The Morgan fingerprint density at radius 1 is 1.10 bits per heavy atom. The highest BCUT2D eigenvalue weighted by Crippen LogP contribution is 2.33. The Kier molecular flexibility index (Phi) is 8.71. The number of hydrogen-bond acceptors (Lipinski definition) is 7. The molecule has 0 aliphatic rings. The van der Waals surface area contributed by atoms with Crippen molar-refractivity contribution < 1.29 is 28.5 Å². The summed E-state index contributed by atoms with van der Waals surface area (Å²) in [6, 6.07) is 8.28. The van der Waals surface area contributed by atoms with E-state index in [1.807, 2.05) is 29.5 Å². The highest BCUT2D eigenvalue weighted by atomic mass is 127. The SMILES string of the molecule is CCOc1ccc(C(=O)N/N=C/c2cc(I)c(OCC(N)=O)c(OC)c2)cc1OC. The van der Waals surface area contributed by atoms with Crippen molar-refractivity contribution in [3.8, 4) is 23.0 Å². The second-order valence-electron chi connectivity index (χ2n) is 5.79. The van der Waals surface area contributed by atoms with E-state index in [-0.39, 0.29) is 6.61 Å². The second kappa shape index (κ2) is 11.2. The molecule has 0 saturated carbocycles. The lowest BCUT2D eigenvalue weighted by atomic mass is 10.2. The number of nitrogens with zero attached hydrogens (tertiary/aromatic N) is 1. The van der Waals surface area contributed by atoms with Gasteiger partial charge in [0.05, 0.1) is 30.6 Å². The average Bonchev–Trinajstić information content (AvgIpc) is 2.72. The maximum atomic E-state index is 12.4. The number of nitrogens with two attached hydrogens (primary N) is 1. The van der Waals surface area contributed by atoms with Crippen molar-refractivity contribution in [1.82, 2.24) is 5.43 Å². The van der Waals surface area contributed by atoms with Gasteiger partial charge in [-0.1, -0.05) is 0 Å². The van der Waals surface area contributed by atoms with Crippen molar-refractivity contribution in [2.24, 2.45) is 10.8 Å². The summed E-state index contributed by atoms with van der Waals surface area (Å²) >= 11 is 2.04. The molecule has 0 fully saturated rings. The zero-order valence-corrected chi connectivity index (χ0v) is 18.9. The molecule has 2 aromatic carbocycles. The average molecular weight is 527 g/mol. The largest absolute Gasteiger partial charge is 0.493 e. The Morgan fingerprint density at radius 3 is 2.47 bits per heavy atom. The van der Waals surface area contributed by atoms with Gasteiger partial charge >= 0.3 is 0 Å². The first-order chi connectivity index (χ1) is 14.4. The van der Waals surface area contributed by atoms with E-state index in [1.54, 1.807) is 30.3 Å². The molecule has 0 aromatic heterocycles. The fourth-order valence-electron chi connectivity index (χ4n) is 2.41. The quantitative estimate of drug-likeness (QED) is 0.278. The van der Waals surface area contributed by atoms with Crippen LogP contribution in [0.1, 0.15) is 22.8 Å². The predicted octanol–water partition coefficient (Wildman–Crippen LogP) is 2.34. The number of halogens is 1. The molecule has 10 heteroatoms. The Hall–Kier alpha value is -3.02. The van der Waals surface area contributed by atoms with Gasteiger partial charge in [-0.15, -0.1) is 0 Å². The Bertz CT molecular complexity index is 948. The topological polar surface area (TPSA) is 121 Å². The number of amides is 2. The van der Waals surface area contributed by atoms with Crippen LogP contribution in [-0.2, 0) is 4.79 Å². The number of carbonyl (C=O) groups is 2. The molecule has 2 aromatic rings. The maximum absolute atomic E-state index is 12.4. The molecule has 0 radical (unpaired) electrons. The summed E-state index contributed by atoms with van der Waals surface area (Å²) in [4.78, 5) is 23.3. The predicted molar refractivity (Wildman–Crippen MR) is 120 cm³/mol. The molecule has 2 amide bonds.